The molecule has 1 aliphatic rings. The fraction of sp³-hybridized carbons (Fsp3) is 0.625. The van der Waals surface area contributed by atoms with E-state index in [0.717, 1.165) is 6.42 Å². The summed E-state index contributed by atoms with van der Waals surface area (Å²) in [6.45, 7) is 3.94. The lowest BCUT2D eigenvalue weighted by Crippen LogP contribution is -2.33. The zero-order valence-electron chi connectivity index (χ0n) is 13.9. The maximum Gasteiger partial charge on any atom is 0.330 e. The van der Waals surface area contributed by atoms with Gasteiger partial charge in [-0.05, 0) is 13.3 Å². The number of aromatic amines is 1. The lowest BCUT2D eigenvalue weighted by molar-refractivity contribution is -0.114. The molecular formula is C16H24N2O6. The molecule has 1 aromatic rings. The highest BCUT2D eigenvalue weighted by atomic mass is 16.7. The van der Waals surface area contributed by atoms with Crippen molar-refractivity contribution >= 4 is 0 Å². The minimum Gasteiger partial charge on any atom is -0.394 e. The summed E-state index contributed by atoms with van der Waals surface area (Å²) in [4.78, 5) is 25.6. The van der Waals surface area contributed by atoms with Gasteiger partial charge in [0.05, 0.1) is 19.3 Å². The van der Waals surface area contributed by atoms with Crippen LogP contribution < -0.4 is 11.2 Å². The van der Waals surface area contributed by atoms with Crippen LogP contribution in [-0.4, -0.2) is 46.9 Å². The fourth-order valence-electron chi connectivity index (χ4n) is 2.50. The summed E-state index contributed by atoms with van der Waals surface area (Å²) in [5.74, 6) is 0. The van der Waals surface area contributed by atoms with Gasteiger partial charge in [-0.2, -0.15) is 0 Å². The summed E-state index contributed by atoms with van der Waals surface area (Å²) in [7, 11) is 0. The Labute approximate surface area is 139 Å². The van der Waals surface area contributed by atoms with Gasteiger partial charge in [0.25, 0.3) is 5.56 Å². The summed E-state index contributed by atoms with van der Waals surface area (Å²) in [5.41, 5.74) is -0.558. The van der Waals surface area contributed by atoms with Crippen molar-refractivity contribution in [2.75, 3.05) is 20.0 Å². The van der Waals surface area contributed by atoms with E-state index < -0.39 is 29.7 Å². The number of aliphatic hydroxyl groups is 1. The van der Waals surface area contributed by atoms with Crippen LogP contribution in [-0.2, 0) is 14.2 Å². The molecule has 0 spiro atoms. The second kappa shape index (κ2) is 8.93. The normalized spacial score (nSPS) is 24.0. The standard InChI is InChI=1S/C16H24N2O6/c1-3-4-5-6-22-10-23-12-7-14(24-13(12)9-19)18-8-11(2)15(20)17-16(18)21/h4-5,8,12-14,19H,3,6-7,9-10H2,1-2H3,(H,17,20,21)/b5-4+. The van der Waals surface area contributed by atoms with Gasteiger partial charge in [0.15, 0.2) is 0 Å². The minimum atomic E-state index is -0.602. The molecule has 8 nitrogen and oxygen atoms in total. The highest BCUT2D eigenvalue weighted by Crippen LogP contribution is 2.29. The second-order valence-corrected chi connectivity index (χ2v) is 5.60. The average molecular weight is 340 g/mol. The predicted molar refractivity (Wildman–Crippen MR) is 86.8 cm³/mol. The quantitative estimate of drug-likeness (QED) is 0.405. The number of hydrogen-bond donors (Lipinski definition) is 2. The maximum absolute atomic E-state index is 11.9. The first kappa shape index (κ1) is 18.6. The van der Waals surface area contributed by atoms with E-state index in [1.165, 1.54) is 10.8 Å². The van der Waals surface area contributed by atoms with Crippen LogP contribution in [0.4, 0.5) is 0 Å². The topological polar surface area (TPSA) is 103 Å². The largest absolute Gasteiger partial charge is 0.394 e. The van der Waals surface area contributed by atoms with E-state index in [-0.39, 0.29) is 13.4 Å². The van der Waals surface area contributed by atoms with Crippen molar-refractivity contribution < 1.29 is 19.3 Å². The van der Waals surface area contributed by atoms with Gasteiger partial charge < -0.3 is 19.3 Å². The monoisotopic (exact) mass is 340 g/mol. The average Bonchev–Trinajstić information content (AvgIpc) is 2.97. The zero-order chi connectivity index (χ0) is 17.5. The number of H-pyrrole nitrogens is 1. The Bertz CT molecular complexity index is 665. The second-order valence-electron chi connectivity index (χ2n) is 5.60. The molecule has 0 aliphatic carbocycles. The van der Waals surface area contributed by atoms with Crippen molar-refractivity contribution in [3.8, 4) is 0 Å². The Hall–Kier alpha value is -1.74. The van der Waals surface area contributed by atoms with E-state index >= 15 is 0 Å². The van der Waals surface area contributed by atoms with Crippen LogP contribution in [0.3, 0.4) is 0 Å². The maximum atomic E-state index is 11.9. The molecule has 0 amide bonds. The van der Waals surface area contributed by atoms with Crippen molar-refractivity contribution in [2.45, 2.75) is 45.1 Å². The third kappa shape index (κ3) is 4.64. The van der Waals surface area contributed by atoms with Crippen LogP contribution in [0.2, 0.25) is 0 Å². The van der Waals surface area contributed by atoms with Crippen LogP contribution in [0.5, 0.6) is 0 Å². The molecule has 3 atom stereocenters. The summed E-state index contributed by atoms with van der Waals surface area (Å²) >= 11 is 0. The molecule has 0 bridgehead atoms. The van der Waals surface area contributed by atoms with E-state index in [1.807, 2.05) is 19.1 Å². The molecule has 0 radical (unpaired) electrons. The predicted octanol–water partition coefficient (Wildman–Crippen LogP) is 0.450. The molecule has 2 heterocycles. The number of hydrogen-bond acceptors (Lipinski definition) is 6. The van der Waals surface area contributed by atoms with Gasteiger partial charge in [0.2, 0.25) is 0 Å². The smallest absolute Gasteiger partial charge is 0.330 e. The fourth-order valence-corrected chi connectivity index (χ4v) is 2.50. The first-order valence-corrected chi connectivity index (χ1v) is 7.99. The first-order valence-electron chi connectivity index (χ1n) is 7.99. The van der Waals surface area contributed by atoms with Gasteiger partial charge in [-0.1, -0.05) is 19.1 Å². The summed E-state index contributed by atoms with van der Waals surface area (Å²) in [6, 6.07) is 0. The number of aromatic nitrogens is 2. The zero-order valence-corrected chi connectivity index (χ0v) is 13.9. The molecule has 1 aromatic heterocycles. The number of aliphatic hydroxyl groups excluding tert-OH is 1. The lowest BCUT2D eigenvalue weighted by Gasteiger charge is -2.16. The van der Waals surface area contributed by atoms with Gasteiger partial charge in [0, 0.05) is 18.2 Å². The molecule has 1 aliphatic heterocycles. The van der Waals surface area contributed by atoms with Gasteiger partial charge in [-0.3, -0.25) is 14.3 Å². The van der Waals surface area contributed by atoms with Crippen molar-refractivity contribution in [1.82, 2.24) is 9.55 Å². The molecule has 0 saturated carbocycles. The van der Waals surface area contributed by atoms with E-state index in [1.54, 1.807) is 6.92 Å². The molecule has 1 saturated heterocycles. The van der Waals surface area contributed by atoms with E-state index in [0.29, 0.717) is 18.6 Å². The molecule has 2 rings (SSSR count). The van der Waals surface area contributed by atoms with E-state index in [2.05, 4.69) is 4.98 Å². The van der Waals surface area contributed by atoms with Crippen LogP contribution in [0.25, 0.3) is 0 Å². The van der Waals surface area contributed by atoms with Crippen LogP contribution in [0.15, 0.2) is 27.9 Å². The number of allylic oxidation sites excluding steroid dienone is 1. The first-order chi connectivity index (χ1) is 11.6. The molecule has 1 fully saturated rings. The highest BCUT2D eigenvalue weighted by molar-refractivity contribution is 5.02. The number of nitrogens with zero attached hydrogens (tertiary/aromatic N) is 1. The Morgan fingerprint density at radius 2 is 2.25 bits per heavy atom. The third-order valence-corrected chi connectivity index (χ3v) is 3.80. The summed E-state index contributed by atoms with van der Waals surface area (Å²) in [6.07, 6.45) is 5.13. The molecule has 0 aromatic carbocycles. The van der Waals surface area contributed by atoms with Crippen LogP contribution in [0, 0.1) is 6.92 Å². The SMILES string of the molecule is CC/C=C/COCOC1CC(n2cc(C)c(=O)[nH]c2=O)OC1CO. The van der Waals surface area contributed by atoms with Crippen molar-refractivity contribution in [2.24, 2.45) is 0 Å². The Morgan fingerprint density at radius 1 is 1.46 bits per heavy atom. The lowest BCUT2D eigenvalue weighted by atomic mass is 10.2. The number of aryl methyl sites for hydroxylation is 1. The Balaban J connectivity index is 1.96. The van der Waals surface area contributed by atoms with Gasteiger partial charge in [-0.25, -0.2) is 4.79 Å². The van der Waals surface area contributed by atoms with Crippen molar-refractivity contribution in [3.05, 3.63) is 44.8 Å². The minimum absolute atomic E-state index is 0.0743. The van der Waals surface area contributed by atoms with E-state index in [4.69, 9.17) is 14.2 Å². The number of rotatable bonds is 8. The van der Waals surface area contributed by atoms with Crippen LogP contribution in [0.1, 0.15) is 31.6 Å². The number of nitrogens with one attached hydrogen (secondary N) is 1. The highest BCUT2D eigenvalue weighted by Gasteiger charge is 2.37. The summed E-state index contributed by atoms with van der Waals surface area (Å²) < 4.78 is 17.9. The molecule has 134 valence electrons. The van der Waals surface area contributed by atoms with Gasteiger partial charge in [0.1, 0.15) is 19.1 Å². The molecule has 3 unspecified atom stereocenters. The summed E-state index contributed by atoms with van der Waals surface area (Å²) in [5, 5.41) is 9.44. The Kier molecular flexibility index (Phi) is 6.92. The third-order valence-electron chi connectivity index (χ3n) is 3.80. The molecule has 24 heavy (non-hydrogen) atoms. The Morgan fingerprint density at radius 3 is 2.96 bits per heavy atom. The van der Waals surface area contributed by atoms with Crippen LogP contribution >= 0.6 is 0 Å². The van der Waals surface area contributed by atoms with E-state index in [9.17, 15) is 14.7 Å². The molecular weight excluding hydrogens is 316 g/mol. The van der Waals surface area contributed by atoms with Crippen molar-refractivity contribution in [3.63, 3.8) is 0 Å². The number of ether oxygens (including phenoxy) is 3. The van der Waals surface area contributed by atoms with Gasteiger partial charge in [-0.15, -0.1) is 0 Å². The molecule has 8 heteroatoms. The van der Waals surface area contributed by atoms with Crippen molar-refractivity contribution in [1.29, 1.82) is 0 Å². The molecule has 2 N–H and O–H groups in total. The van der Waals surface area contributed by atoms with Gasteiger partial charge >= 0.3 is 5.69 Å².